The number of hydrogen-bond donors (Lipinski definition) is 2. The van der Waals surface area contributed by atoms with Gasteiger partial charge < -0.3 is 10.1 Å². The van der Waals surface area contributed by atoms with Crippen molar-refractivity contribution in [1.29, 1.82) is 0 Å². The van der Waals surface area contributed by atoms with E-state index in [0.29, 0.717) is 27.8 Å². The average molecular weight is 330 g/mol. The largest absolute Gasteiger partial charge is 0.497 e. The van der Waals surface area contributed by atoms with Crippen LogP contribution in [0.15, 0.2) is 42.5 Å². The number of hydrogen-bond acceptors (Lipinski definition) is 5. The van der Waals surface area contributed by atoms with E-state index in [0.717, 1.165) is 5.56 Å². The zero-order chi connectivity index (χ0) is 16.2. The highest BCUT2D eigenvalue weighted by atomic mass is 35.5. The molecular weight excluding hydrogens is 318 g/mol. The van der Waals surface area contributed by atoms with Gasteiger partial charge in [0.15, 0.2) is 0 Å². The predicted octanol–water partition coefficient (Wildman–Crippen LogP) is 2.78. The minimum absolute atomic E-state index is 0.267. The van der Waals surface area contributed by atoms with Crippen LogP contribution in [0.4, 0.5) is 5.69 Å². The molecule has 0 unspecified atom stereocenters. The van der Waals surface area contributed by atoms with Crippen molar-refractivity contribution in [3.63, 3.8) is 0 Å². The van der Waals surface area contributed by atoms with Crippen LogP contribution in [-0.2, 0) is 0 Å². The number of nitrogens with zero attached hydrogens (tertiary/aromatic N) is 3. The number of carbonyl (C=O) groups is 1. The quantitative estimate of drug-likeness (QED) is 0.767. The minimum atomic E-state index is -0.267. The molecule has 2 N–H and O–H groups in total. The predicted molar refractivity (Wildman–Crippen MR) is 85.6 cm³/mol. The molecule has 0 aliphatic carbocycles. The van der Waals surface area contributed by atoms with Gasteiger partial charge in [0.05, 0.1) is 17.8 Å². The number of rotatable bonds is 4. The molecule has 1 heterocycles. The summed E-state index contributed by atoms with van der Waals surface area (Å²) < 4.78 is 5.07. The number of amides is 1. The summed E-state index contributed by atoms with van der Waals surface area (Å²) in [6, 6.07) is 11.9. The molecule has 1 amide bonds. The molecule has 3 rings (SSSR count). The van der Waals surface area contributed by atoms with Crippen molar-refractivity contribution in [3.8, 4) is 17.1 Å². The molecule has 0 bridgehead atoms. The van der Waals surface area contributed by atoms with Crippen molar-refractivity contribution in [2.24, 2.45) is 0 Å². The smallest absolute Gasteiger partial charge is 0.255 e. The first kappa shape index (κ1) is 15.0. The number of nitrogens with one attached hydrogen (secondary N) is 2. The standard InChI is InChI=1S/C15H12ClN5O2/c1-23-11-6-7-13(12(16)8-11)17-15(22)10-4-2-9(3-5-10)14-18-20-21-19-14/h2-8H,1H3,(H,17,22)(H,18,19,20,21). The molecule has 0 aliphatic heterocycles. The Hall–Kier alpha value is -2.93. The van der Waals surface area contributed by atoms with Crippen LogP contribution in [-0.4, -0.2) is 33.6 Å². The molecule has 8 heteroatoms. The molecule has 116 valence electrons. The second-order valence-electron chi connectivity index (χ2n) is 4.61. The highest BCUT2D eigenvalue weighted by Gasteiger charge is 2.10. The van der Waals surface area contributed by atoms with E-state index in [1.807, 2.05) is 0 Å². The Bertz CT molecular complexity index is 818. The van der Waals surface area contributed by atoms with Gasteiger partial charge in [-0.1, -0.05) is 23.7 Å². The third-order valence-electron chi connectivity index (χ3n) is 3.18. The summed E-state index contributed by atoms with van der Waals surface area (Å²) in [5.74, 6) is 0.823. The van der Waals surface area contributed by atoms with Gasteiger partial charge in [-0.2, -0.15) is 5.21 Å². The maximum atomic E-state index is 12.3. The first-order valence-electron chi connectivity index (χ1n) is 6.66. The summed E-state index contributed by atoms with van der Waals surface area (Å²) in [4.78, 5) is 12.3. The van der Waals surface area contributed by atoms with E-state index in [1.165, 1.54) is 0 Å². The van der Waals surface area contributed by atoms with E-state index < -0.39 is 0 Å². The number of aromatic amines is 1. The first-order valence-corrected chi connectivity index (χ1v) is 7.04. The molecule has 3 aromatic rings. The summed E-state index contributed by atoms with van der Waals surface area (Å²) in [7, 11) is 1.55. The molecule has 0 aliphatic rings. The first-order chi connectivity index (χ1) is 11.2. The number of aromatic nitrogens is 4. The van der Waals surface area contributed by atoms with Crippen LogP contribution in [0.3, 0.4) is 0 Å². The lowest BCUT2D eigenvalue weighted by atomic mass is 10.1. The van der Waals surface area contributed by atoms with Crippen molar-refractivity contribution in [2.45, 2.75) is 0 Å². The van der Waals surface area contributed by atoms with Gasteiger partial charge in [0.2, 0.25) is 5.82 Å². The zero-order valence-electron chi connectivity index (χ0n) is 12.1. The van der Waals surface area contributed by atoms with Crippen LogP contribution >= 0.6 is 11.6 Å². The summed E-state index contributed by atoms with van der Waals surface area (Å²) in [6.07, 6.45) is 0. The van der Waals surface area contributed by atoms with Crippen molar-refractivity contribution in [1.82, 2.24) is 20.6 Å². The number of H-pyrrole nitrogens is 1. The number of carbonyl (C=O) groups excluding carboxylic acids is 1. The van der Waals surface area contributed by atoms with Gasteiger partial charge in [-0.15, -0.1) is 10.2 Å². The highest BCUT2D eigenvalue weighted by Crippen LogP contribution is 2.27. The van der Waals surface area contributed by atoms with Gasteiger partial charge in [0, 0.05) is 17.2 Å². The van der Waals surface area contributed by atoms with Gasteiger partial charge in [-0.3, -0.25) is 4.79 Å². The van der Waals surface area contributed by atoms with Crippen molar-refractivity contribution < 1.29 is 9.53 Å². The van der Waals surface area contributed by atoms with Gasteiger partial charge in [0.1, 0.15) is 5.75 Å². The van der Waals surface area contributed by atoms with Crippen molar-refractivity contribution >= 4 is 23.2 Å². The third kappa shape index (κ3) is 3.29. The number of tetrazole rings is 1. The Kier molecular flexibility index (Phi) is 4.20. The van der Waals surface area contributed by atoms with Crippen LogP contribution in [0.1, 0.15) is 10.4 Å². The maximum Gasteiger partial charge on any atom is 0.255 e. The van der Waals surface area contributed by atoms with Crippen LogP contribution in [0.2, 0.25) is 5.02 Å². The lowest BCUT2D eigenvalue weighted by Crippen LogP contribution is -2.12. The zero-order valence-corrected chi connectivity index (χ0v) is 12.8. The summed E-state index contributed by atoms with van der Waals surface area (Å²) >= 11 is 6.11. The molecule has 0 saturated carbocycles. The van der Waals surface area contributed by atoms with Gasteiger partial charge >= 0.3 is 0 Å². The van der Waals surface area contributed by atoms with Gasteiger partial charge in [0.25, 0.3) is 5.91 Å². The Morgan fingerprint density at radius 2 is 2.00 bits per heavy atom. The van der Waals surface area contributed by atoms with Crippen LogP contribution in [0.5, 0.6) is 5.75 Å². The second-order valence-corrected chi connectivity index (χ2v) is 5.02. The van der Waals surface area contributed by atoms with E-state index in [-0.39, 0.29) is 5.91 Å². The topological polar surface area (TPSA) is 92.8 Å². The Balaban J connectivity index is 1.76. The normalized spacial score (nSPS) is 10.3. The Morgan fingerprint density at radius 3 is 2.61 bits per heavy atom. The number of halogens is 1. The summed E-state index contributed by atoms with van der Waals surface area (Å²) in [5, 5.41) is 16.8. The Morgan fingerprint density at radius 1 is 1.22 bits per heavy atom. The molecule has 1 aromatic heterocycles. The van der Waals surface area contributed by atoms with Gasteiger partial charge in [-0.25, -0.2) is 0 Å². The highest BCUT2D eigenvalue weighted by molar-refractivity contribution is 6.34. The van der Waals surface area contributed by atoms with E-state index >= 15 is 0 Å². The van der Waals surface area contributed by atoms with Crippen molar-refractivity contribution in [3.05, 3.63) is 53.1 Å². The second kappa shape index (κ2) is 6.45. The fraction of sp³-hybridized carbons (Fsp3) is 0.0667. The summed E-state index contributed by atoms with van der Waals surface area (Å²) in [5.41, 5.74) is 1.77. The van der Waals surface area contributed by atoms with Crippen LogP contribution in [0.25, 0.3) is 11.4 Å². The SMILES string of the molecule is COc1ccc(NC(=O)c2ccc(-c3nn[nH]n3)cc2)c(Cl)c1. The molecule has 23 heavy (non-hydrogen) atoms. The van der Waals surface area contributed by atoms with E-state index in [2.05, 4.69) is 25.9 Å². The Labute approximate surface area is 136 Å². The molecule has 2 aromatic carbocycles. The third-order valence-corrected chi connectivity index (χ3v) is 3.49. The van der Waals surface area contributed by atoms with E-state index in [1.54, 1.807) is 49.6 Å². The number of benzene rings is 2. The molecule has 0 fully saturated rings. The molecule has 7 nitrogen and oxygen atoms in total. The van der Waals surface area contributed by atoms with E-state index in [4.69, 9.17) is 16.3 Å². The molecule has 0 saturated heterocycles. The lowest BCUT2D eigenvalue weighted by molar-refractivity contribution is 0.102. The fourth-order valence-electron chi connectivity index (χ4n) is 1.97. The number of methoxy groups -OCH3 is 1. The average Bonchev–Trinajstić information content (AvgIpc) is 3.11. The van der Waals surface area contributed by atoms with E-state index in [9.17, 15) is 4.79 Å². The fourth-order valence-corrected chi connectivity index (χ4v) is 2.19. The lowest BCUT2D eigenvalue weighted by Gasteiger charge is -2.09. The van der Waals surface area contributed by atoms with Gasteiger partial charge in [-0.05, 0) is 29.5 Å². The van der Waals surface area contributed by atoms with Crippen LogP contribution in [0, 0.1) is 0 Å². The molecular formula is C15H12ClN5O2. The van der Waals surface area contributed by atoms with Crippen LogP contribution < -0.4 is 10.1 Å². The molecule has 0 atom stereocenters. The monoisotopic (exact) mass is 329 g/mol. The maximum absolute atomic E-state index is 12.3. The number of ether oxygens (including phenoxy) is 1. The van der Waals surface area contributed by atoms with Crippen molar-refractivity contribution in [2.75, 3.05) is 12.4 Å². The summed E-state index contributed by atoms with van der Waals surface area (Å²) in [6.45, 7) is 0. The molecule has 0 spiro atoms. The number of anilines is 1. The molecule has 0 radical (unpaired) electrons. The minimum Gasteiger partial charge on any atom is -0.497 e.